The van der Waals surface area contributed by atoms with Crippen LogP contribution in [0.25, 0.3) is 0 Å². The molecular formula is C26H25BrCl2N2O8. The number of allylic oxidation sites excluding steroid dienone is 2. The van der Waals surface area contributed by atoms with Crippen LogP contribution in [0.3, 0.4) is 0 Å². The highest BCUT2D eigenvalue weighted by molar-refractivity contribution is 9.09. The van der Waals surface area contributed by atoms with Gasteiger partial charge in [0.15, 0.2) is 21.2 Å². The summed E-state index contributed by atoms with van der Waals surface area (Å²) >= 11 is 17.4. The van der Waals surface area contributed by atoms with Crippen LogP contribution in [0, 0.1) is 17.8 Å². The van der Waals surface area contributed by atoms with Gasteiger partial charge in [-0.2, -0.15) is 0 Å². The number of carbonyl (C=O) groups is 5. The van der Waals surface area contributed by atoms with E-state index in [2.05, 4.69) is 15.9 Å². The number of carboxylic acids is 1. The molecule has 4 aliphatic rings. The maximum absolute atomic E-state index is 13.8. The van der Waals surface area contributed by atoms with Crippen molar-refractivity contribution in [1.82, 2.24) is 9.80 Å². The van der Waals surface area contributed by atoms with E-state index in [1.807, 2.05) is 0 Å². The molecule has 5 rings (SSSR count). The number of nitrogens with zero attached hydrogens (tertiary/aromatic N) is 2. The lowest BCUT2D eigenvalue weighted by Gasteiger charge is -2.50. The van der Waals surface area contributed by atoms with Crippen molar-refractivity contribution in [3.63, 3.8) is 0 Å². The number of ether oxygens (including phenoxy) is 1. The van der Waals surface area contributed by atoms with Gasteiger partial charge in [-0.3, -0.25) is 33.8 Å². The third-order valence-electron chi connectivity index (χ3n) is 8.30. The Hall–Kier alpha value is -2.63. The quantitative estimate of drug-likeness (QED) is 0.200. The van der Waals surface area contributed by atoms with Crippen LogP contribution in [0.4, 0.5) is 0 Å². The Morgan fingerprint density at radius 3 is 2.49 bits per heavy atom. The Morgan fingerprint density at radius 2 is 1.85 bits per heavy atom. The van der Waals surface area contributed by atoms with Gasteiger partial charge in [-0.1, -0.05) is 39.7 Å². The van der Waals surface area contributed by atoms with Crippen LogP contribution in [0.15, 0.2) is 29.8 Å². The average Bonchev–Trinajstić information content (AvgIpc) is 3.22. The van der Waals surface area contributed by atoms with Crippen molar-refractivity contribution in [3.05, 3.63) is 35.4 Å². The van der Waals surface area contributed by atoms with E-state index in [0.717, 1.165) is 9.80 Å². The standard InChI is InChI=1S/C26H25BrCl2N2O8/c1-2-39-16-5-3-4-14(20(16)34)19-12-6-7-13-18(22(36)30(21(13)35)9-8-17(32)33)15(12)10-25(28)23(37)31(11-27)24(38)26(19,25)29/h3-6,13,15,18-19,34H,2,7-11H2,1H3,(H,32,33). The van der Waals surface area contributed by atoms with Gasteiger partial charge in [-0.25, -0.2) is 0 Å². The van der Waals surface area contributed by atoms with Gasteiger partial charge in [0.2, 0.25) is 11.8 Å². The molecule has 4 amide bonds. The summed E-state index contributed by atoms with van der Waals surface area (Å²) in [5, 5.41) is 20.3. The molecule has 2 heterocycles. The van der Waals surface area contributed by atoms with E-state index < -0.39 is 69.4 Å². The molecule has 0 spiro atoms. The molecule has 10 nitrogen and oxygen atoms in total. The highest BCUT2D eigenvalue weighted by Crippen LogP contribution is 2.66. The van der Waals surface area contributed by atoms with E-state index in [9.17, 15) is 29.1 Å². The van der Waals surface area contributed by atoms with E-state index in [0.29, 0.717) is 5.57 Å². The first kappa shape index (κ1) is 27.9. The van der Waals surface area contributed by atoms with E-state index >= 15 is 0 Å². The monoisotopic (exact) mass is 642 g/mol. The number of phenolic OH excluding ortho intramolecular Hbond substituents is 1. The summed E-state index contributed by atoms with van der Waals surface area (Å²) in [7, 11) is 0. The number of imide groups is 2. The third-order valence-corrected chi connectivity index (χ3v) is 10.2. The lowest BCUT2D eigenvalue weighted by molar-refractivity contribution is -0.143. The molecule has 6 atom stereocenters. The first-order valence-electron chi connectivity index (χ1n) is 12.5. The van der Waals surface area contributed by atoms with Crippen molar-refractivity contribution in [2.75, 3.05) is 18.6 Å². The summed E-state index contributed by atoms with van der Waals surface area (Å²) in [4.78, 5) is 63.1. The van der Waals surface area contributed by atoms with Crippen molar-refractivity contribution in [3.8, 4) is 11.5 Å². The molecule has 3 fully saturated rings. The summed E-state index contributed by atoms with van der Waals surface area (Å²) in [6, 6.07) is 4.73. The molecule has 2 N–H and O–H groups in total. The molecule has 6 unspecified atom stereocenters. The van der Waals surface area contributed by atoms with Gasteiger partial charge in [0.25, 0.3) is 11.8 Å². The largest absolute Gasteiger partial charge is 0.504 e. The van der Waals surface area contributed by atoms with Crippen molar-refractivity contribution >= 4 is 68.7 Å². The average molecular weight is 644 g/mol. The van der Waals surface area contributed by atoms with E-state index in [1.54, 1.807) is 31.2 Å². The van der Waals surface area contributed by atoms with Crippen LogP contribution < -0.4 is 4.74 Å². The molecule has 0 bridgehead atoms. The zero-order valence-electron chi connectivity index (χ0n) is 20.7. The number of phenols is 1. The van der Waals surface area contributed by atoms with E-state index in [-0.39, 0.29) is 48.5 Å². The molecule has 13 heteroatoms. The van der Waals surface area contributed by atoms with E-state index in [4.69, 9.17) is 33.0 Å². The zero-order valence-corrected chi connectivity index (χ0v) is 23.8. The summed E-state index contributed by atoms with van der Waals surface area (Å²) in [5.74, 6) is -7.41. The normalized spacial score (nSPS) is 33.6. The Balaban J connectivity index is 1.69. The fourth-order valence-corrected chi connectivity index (χ4v) is 8.05. The second kappa shape index (κ2) is 9.78. The lowest BCUT2D eigenvalue weighted by atomic mass is 9.56. The number of amides is 4. The minimum absolute atomic E-state index is 0.138. The minimum atomic E-state index is -2.05. The van der Waals surface area contributed by atoms with Gasteiger partial charge in [0.1, 0.15) is 0 Å². The second-order valence-electron chi connectivity index (χ2n) is 10.1. The Labute approximate surface area is 242 Å². The summed E-state index contributed by atoms with van der Waals surface area (Å²) in [6.45, 7) is 1.72. The fraction of sp³-hybridized carbons (Fsp3) is 0.500. The molecule has 208 valence electrons. The lowest BCUT2D eigenvalue weighted by Crippen LogP contribution is -2.60. The Morgan fingerprint density at radius 1 is 1.13 bits per heavy atom. The number of fused-ring (bicyclic) bond motifs is 4. The number of carbonyl (C=O) groups excluding carboxylic acids is 4. The number of hydrogen-bond acceptors (Lipinski definition) is 7. The Kier molecular flexibility index (Phi) is 7.00. The number of para-hydroxylation sites is 1. The van der Waals surface area contributed by atoms with Crippen molar-refractivity contribution in [2.45, 2.75) is 41.9 Å². The first-order chi connectivity index (χ1) is 18.4. The van der Waals surface area contributed by atoms with Crippen LogP contribution in [0.2, 0.25) is 0 Å². The van der Waals surface area contributed by atoms with Crippen LogP contribution >= 0.6 is 39.1 Å². The van der Waals surface area contributed by atoms with Crippen LogP contribution in [-0.2, 0) is 24.0 Å². The predicted octanol–water partition coefficient (Wildman–Crippen LogP) is 2.98. The molecule has 2 aliphatic heterocycles. The highest BCUT2D eigenvalue weighted by Gasteiger charge is 2.76. The maximum Gasteiger partial charge on any atom is 0.305 e. The molecule has 0 aromatic heterocycles. The summed E-state index contributed by atoms with van der Waals surface area (Å²) < 4.78 is 5.56. The molecule has 39 heavy (non-hydrogen) atoms. The summed E-state index contributed by atoms with van der Waals surface area (Å²) in [6.07, 6.45) is 1.28. The molecular weight excluding hydrogens is 619 g/mol. The highest BCUT2D eigenvalue weighted by atomic mass is 79.9. The number of likely N-dealkylation sites (tertiary alicyclic amines) is 2. The molecule has 1 aromatic carbocycles. The molecule has 2 saturated heterocycles. The number of benzene rings is 1. The van der Waals surface area contributed by atoms with Gasteiger partial charge in [0, 0.05) is 18.0 Å². The maximum atomic E-state index is 13.8. The molecule has 1 saturated carbocycles. The van der Waals surface area contributed by atoms with Gasteiger partial charge >= 0.3 is 5.97 Å². The third kappa shape index (κ3) is 3.76. The van der Waals surface area contributed by atoms with Gasteiger partial charge in [-0.05, 0) is 31.7 Å². The number of aliphatic carboxylic acids is 1. The number of carboxylic acid groups (broad SMARTS) is 1. The smallest absolute Gasteiger partial charge is 0.305 e. The van der Waals surface area contributed by atoms with Crippen LogP contribution in [0.5, 0.6) is 11.5 Å². The fourth-order valence-electron chi connectivity index (χ4n) is 6.64. The topological polar surface area (TPSA) is 142 Å². The van der Waals surface area contributed by atoms with Crippen LogP contribution in [-0.4, -0.2) is 78.0 Å². The number of alkyl halides is 3. The predicted molar refractivity (Wildman–Crippen MR) is 142 cm³/mol. The van der Waals surface area contributed by atoms with Crippen LogP contribution in [0.1, 0.15) is 37.7 Å². The SMILES string of the molecule is CCOc1cccc(C2C3=CCC4C(=O)N(CCC(=O)O)C(=O)C4C3CC3(Cl)C(=O)N(CBr)C(=O)C23Cl)c1O. The van der Waals surface area contributed by atoms with Crippen molar-refractivity contribution in [2.24, 2.45) is 17.8 Å². The minimum Gasteiger partial charge on any atom is -0.504 e. The summed E-state index contributed by atoms with van der Waals surface area (Å²) in [5.41, 5.74) is 0.555. The van der Waals surface area contributed by atoms with Gasteiger partial charge in [-0.15, -0.1) is 23.2 Å². The number of aromatic hydroxyl groups is 1. The Bertz CT molecular complexity index is 1340. The first-order valence-corrected chi connectivity index (χ1v) is 14.3. The van der Waals surface area contributed by atoms with Crippen molar-refractivity contribution < 1.29 is 38.9 Å². The van der Waals surface area contributed by atoms with Gasteiger partial charge < -0.3 is 14.9 Å². The zero-order chi connectivity index (χ0) is 28.4. The molecule has 1 aromatic rings. The van der Waals surface area contributed by atoms with E-state index in [1.165, 1.54) is 0 Å². The molecule has 0 radical (unpaired) electrons. The second-order valence-corrected chi connectivity index (χ2v) is 11.8. The van der Waals surface area contributed by atoms with Gasteiger partial charge in [0.05, 0.1) is 30.3 Å². The number of rotatable bonds is 7. The number of halogens is 3. The number of hydrogen-bond donors (Lipinski definition) is 2. The van der Waals surface area contributed by atoms with Crippen molar-refractivity contribution in [1.29, 1.82) is 0 Å². The molecule has 2 aliphatic carbocycles.